The highest BCUT2D eigenvalue weighted by molar-refractivity contribution is 5.86. The first-order valence-electron chi connectivity index (χ1n) is 12.1. The third kappa shape index (κ3) is 2.68. The molecule has 7 rings (SSSR count). The number of carbonyl (C=O) groups is 1. The van der Waals surface area contributed by atoms with E-state index in [4.69, 9.17) is 0 Å². The van der Waals surface area contributed by atoms with E-state index in [1.807, 2.05) is 12.4 Å². The maximum absolute atomic E-state index is 14.0. The number of hydrogen-bond donors (Lipinski definition) is 1. The van der Waals surface area contributed by atoms with Crippen molar-refractivity contribution in [1.82, 2.24) is 14.9 Å². The molecule has 2 saturated heterocycles. The van der Waals surface area contributed by atoms with E-state index >= 15 is 0 Å². The van der Waals surface area contributed by atoms with Crippen LogP contribution in [0.25, 0.3) is 0 Å². The molecule has 1 amide bonds. The lowest BCUT2D eigenvalue weighted by Crippen LogP contribution is -2.65. The molecule has 1 aromatic rings. The fourth-order valence-electron chi connectivity index (χ4n) is 7.93. The molecule has 4 bridgehead atoms. The number of anilines is 1. The number of aromatic nitrogens is 2. The summed E-state index contributed by atoms with van der Waals surface area (Å²) in [6.45, 7) is 4.70. The van der Waals surface area contributed by atoms with Crippen molar-refractivity contribution in [3.05, 3.63) is 18.0 Å². The topological polar surface area (TPSA) is 69.6 Å². The quantitative estimate of drug-likeness (QED) is 0.830. The second kappa shape index (κ2) is 6.65. The maximum Gasteiger partial charge on any atom is 0.231 e. The molecule has 3 atom stereocenters. The van der Waals surface area contributed by atoms with Gasteiger partial charge in [-0.15, -0.1) is 0 Å². The molecule has 0 aromatic carbocycles. The summed E-state index contributed by atoms with van der Waals surface area (Å²) in [5.41, 5.74) is 0.905. The molecule has 1 aromatic heterocycles. The van der Waals surface area contributed by atoms with Gasteiger partial charge in [0.15, 0.2) is 0 Å². The average Bonchev–Trinajstić information content (AvgIpc) is 3.07. The van der Waals surface area contributed by atoms with Gasteiger partial charge in [0.1, 0.15) is 0 Å². The number of piperidine rings is 1. The van der Waals surface area contributed by atoms with Gasteiger partial charge in [0.25, 0.3) is 0 Å². The van der Waals surface area contributed by atoms with Crippen LogP contribution < -0.4 is 4.90 Å². The highest BCUT2D eigenvalue weighted by Gasteiger charge is 2.62. The Morgan fingerprint density at radius 1 is 1.10 bits per heavy atom. The van der Waals surface area contributed by atoms with Gasteiger partial charge in [-0.3, -0.25) is 4.79 Å². The zero-order chi connectivity index (χ0) is 20.5. The van der Waals surface area contributed by atoms with Crippen LogP contribution in [0.2, 0.25) is 0 Å². The summed E-state index contributed by atoms with van der Waals surface area (Å²) < 4.78 is 0. The molecule has 2 aliphatic heterocycles. The van der Waals surface area contributed by atoms with Crippen LogP contribution in [0.4, 0.5) is 5.95 Å². The summed E-state index contributed by atoms with van der Waals surface area (Å²) in [4.78, 5) is 27.7. The second-order valence-corrected chi connectivity index (χ2v) is 10.9. The molecule has 2 unspecified atom stereocenters. The Morgan fingerprint density at radius 3 is 2.53 bits per heavy atom. The van der Waals surface area contributed by atoms with Crippen LogP contribution in [-0.4, -0.2) is 57.2 Å². The van der Waals surface area contributed by atoms with Crippen LogP contribution in [0.3, 0.4) is 0 Å². The smallest absolute Gasteiger partial charge is 0.231 e. The second-order valence-electron chi connectivity index (χ2n) is 10.9. The van der Waals surface area contributed by atoms with E-state index in [0.717, 1.165) is 69.7 Å². The van der Waals surface area contributed by atoms with Gasteiger partial charge < -0.3 is 14.9 Å². The standard InChI is InChI=1S/C24H34N4O2/c1-2-16-13-25-22(26-14-16)27-6-3-4-23(15-27)5-7-28(21(23)30)24-10-17-8-18(11-24)20(29)19(9-17)12-24/h13-14,17-20,29H,2-12,15H2,1H3/t17?,18?,19?,20?,23-,24?/m1/s1. The van der Waals surface area contributed by atoms with E-state index in [9.17, 15) is 9.90 Å². The summed E-state index contributed by atoms with van der Waals surface area (Å²) in [6, 6.07) is 0. The number of likely N-dealkylation sites (tertiary alicyclic amines) is 1. The summed E-state index contributed by atoms with van der Waals surface area (Å²) in [5.74, 6) is 2.69. The van der Waals surface area contributed by atoms with Crippen molar-refractivity contribution in [2.75, 3.05) is 24.5 Å². The minimum absolute atomic E-state index is 0.0257. The van der Waals surface area contributed by atoms with Crippen LogP contribution >= 0.6 is 0 Å². The molecule has 1 N–H and O–H groups in total. The number of nitrogens with zero attached hydrogens (tertiary/aromatic N) is 4. The number of amides is 1. The fourth-order valence-corrected chi connectivity index (χ4v) is 7.93. The van der Waals surface area contributed by atoms with Gasteiger partial charge in [0.2, 0.25) is 11.9 Å². The van der Waals surface area contributed by atoms with Crippen molar-refractivity contribution in [1.29, 1.82) is 0 Å². The summed E-state index contributed by atoms with van der Waals surface area (Å²) >= 11 is 0. The Bertz CT molecular complexity index is 826. The minimum Gasteiger partial charge on any atom is -0.393 e. The molecule has 6 aliphatic rings. The Labute approximate surface area is 179 Å². The van der Waals surface area contributed by atoms with Gasteiger partial charge in [-0.1, -0.05) is 6.92 Å². The van der Waals surface area contributed by atoms with Crippen molar-refractivity contribution in [3.8, 4) is 0 Å². The van der Waals surface area contributed by atoms with E-state index in [1.165, 1.54) is 19.3 Å². The van der Waals surface area contributed by atoms with E-state index < -0.39 is 0 Å². The monoisotopic (exact) mass is 410 g/mol. The van der Waals surface area contributed by atoms with Crippen LogP contribution in [0, 0.1) is 23.2 Å². The molecular weight excluding hydrogens is 376 g/mol. The number of rotatable bonds is 3. The predicted molar refractivity (Wildman–Crippen MR) is 114 cm³/mol. The summed E-state index contributed by atoms with van der Waals surface area (Å²) in [5, 5.41) is 10.7. The summed E-state index contributed by atoms with van der Waals surface area (Å²) in [6.07, 6.45) is 13.2. The molecule has 3 heterocycles. The van der Waals surface area contributed by atoms with Crippen LogP contribution in [-0.2, 0) is 11.2 Å². The fraction of sp³-hybridized carbons (Fsp3) is 0.792. The highest BCUT2D eigenvalue weighted by atomic mass is 16.3. The maximum atomic E-state index is 14.0. The lowest BCUT2D eigenvalue weighted by atomic mass is 9.51. The van der Waals surface area contributed by atoms with Crippen LogP contribution in [0.5, 0.6) is 0 Å². The Kier molecular flexibility index (Phi) is 4.22. The minimum atomic E-state index is -0.271. The first kappa shape index (κ1) is 19.0. The Balaban J connectivity index is 1.24. The van der Waals surface area contributed by atoms with Crippen LogP contribution in [0.1, 0.15) is 63.9 Å². The molecule has 4 saturated carbocycles. The Morgan fingerprint density at radius 2 is 1.83 bits per heavy atom. The van der Waals surface area contributed by atoms with Gasteiger partial charge in [-0.25, -0.2) is 9.97 Å². The average molecular weight is 411 g/mol. The van der Waals surface area contributed by atoms with Gasteiger partial charge in [0.05, 0.1) is 11.5 Å². The summed E-state index contributed by atoms with van der Waals surface area (Å²) in [7, 11) is 0. The number of aliphatic hydroxyl groups excluding tert-OH is 1. The lowest BCUT2D eigenvalue weighted by molar-refractivity contribution is -0.167. The molecule has 0 radical (unpaired) electrons. The van der Waals surface area contributed by atoms with Crippen molar-refractivity contribution < 1.29 is 9.90 Å². The normalized spacial score (nSPS) is 42.5. The zero-order valence-corrected chi connectivity index (χ0v) is 18.1. The van der Waals surface area contributed by atoms with Crippen molar-refractivity contribution in [3.63, 3.8) is 0 Å². The van der Waals surface area contributed by atoms with Crippen molar-refractivity contribution in [2.24, 2.45) is 23.2 Å². The molecular formula is C24H34N4O2. The Hall–Kier alpha value is -1.69. The molecule has 4 aliphatic carbocycles. The van der Waals surface area contributed by atoms with Crippen molar-refractivity contribution >= 4 is 11.9 Å². The van der Waals surface area contributed by atoms with E-state index in [0.29, 0.717) is 23.7 Å². The number of carbonyl (C=O) groups excluding carboxylic acids is 1. The van der Waals surface area contributed by atoms with E-state index in [-0.39, 0.29) is 17.1 Å². The third-order valence-electron chi connectivity index (χ3n) is 9.24. The number of hydrogen-bond acceptors (Lipinski definition) is 5. The third-order valence-corrected chi connectivity index (χ3v) is 9.24. The molecule has 1 spiro atoms. The lowest BCUT2D eigenvalue weighted by Gasteiger charge is -2.61. The van der Waals surface area contributed by atoms with E-state index in [2.05, 4.69) is 26.7 Å². The van der Waals surface area contributed by atoms with Gasteiger partial charge in [-0.2, -0.15) is 0 Å². The molecule has 30 heavy (non-hydrogen) atoms. The first-order valence-corrected chi connectivity index (χ1v) is 12.1. The van der Waals surface area contributed by atoms with Gasteiger partial charge in [0, 0.05) is 37.6 Å². The van der Waals surface area contributed by atoms with Gasteiger partial charge >= 0.3 is 0 Å². The molecule has 6 nitrogen and oxygen atoms in total. The van der Waals surface area contributed by atoms with Crippen LogP contribution in [0.15, 0.2) is 12.4 Å². The van der Waals surface area contributed by atoms with E-state index in [1.54, 1.807) is 0 Å². The highest BCUT2D eigenvalue weighted by Crippen LogP contribution is 2.59. The largest absolute Gasteiger partial charge is 0.393 e. The molecule has 162 valence electrons. The zero-order valence-electron chi connectivity index (χ0n) is 18.1. The van der Waals surface area contributed by atoms with Gasteiger partial charge in [-0.05, 0) is 81.1 Å². The predicted octanol–water partition coefficient (Wildman–Crippen LogP) is 2.80. The first-order chi connectivity index (χ1) is 14.5. The number of aryl methyl sites for hydroxylation is 1. The van der Waals surface area contributed by atoms with Crippen molar-refractivity contribution in [2.45, 2.75) is 76.4 Å². The number of aliphatic hydroxyl groups is 1. The SMILES string of the molecule is CCc1cnc(N2CCC[C@@]3(CCN(C45CC6CC(C4)C(O)C(C6)C5)C3=O)C2)nc1. The molecule has 6 fully saturated rings. The molecule has 6 heteroatoms.